The third kappa shape index (κ3) is 2.77. The SMILES string of the molecule is N#C/C=C/C1C(C#N)CCN1Cc1ccccc1. The average Bonchev–Trinajstić information content (AvgIpc) is 2.79. The van der Waals surface area contributed by atoms with Crippen LogP contribution in [0.1, 0.15) is 12.0 Å². The molecule has 1 fully saturated rings. The molecule has 0 aromatic heterocycles. The van der Waals surface area contributed by atoms with Gasteiger partial charge in [-0.25, -0.2) is 0 Å². The van der Waals surface area contributed by atoms with Gasteiger partial charge in [-0.1, -0.05) is 36.4 Å². The van der Waals surface area contributed by atoms with Crippen LogP contribution in [0, 0.1) is 28.6 Å². The van der Waals surface area contributed by atoms with Crippen LogP contribution in [-0.4, -0.2) is 17.5 Å². The van der Waals surface area contributed by atoms with Crippen LogP contribution in [-0.2, 0) is 6.54 Å². The lowest BCUT2D eigenvalue weighted by Gasteiger charge is -2.22. The Hall–Kier alpha value is -2.10. The van der Waals surface area contributed by atoms with Gasteiger partial charge >= 0.3 is 0 Å². The highest BCUT2D eigenvalue weighted by Gasteiger charge is 2.32. The molecular formula is C15H15N3. The molecule has 0 radical (unpaired) electrons. The van der Waals surface area contributed by atoms with E-state index in [1.807, 2.05) is 30.3 Å². The third-order valence-corrected chi connectivity index (χ3v) is 3.32. The van der Waals surface area contributed by atoms with E-state index in [2.05, 4.69) is 23.1 Å². The predicted octanol–water partition coefficient (Wildman–Crippen LogP) is 2.48. The molecule has 1 aromatic carbocycles. The monoisotopic (exact) mass is 237 g/mol. The van der Waals surface area contributed by atoms with Crippen LogP contribution in [0.3, 0.4) is 0 Å². The number of nitriles is 2. The van der Waals surface area contributed by atoms with Crippen LogP contribution in [0.4, 0.5) is 0 Å². The van der Waals surface area contributed by atoms with Crippen molar-refractivity contribution in [3.05, 3.63) is 48.0 Å². The first-order valence-electron chi connectivity index (χ1n) is 6.09. The van der Waals surface area contributed by atoms with Gasteiger partial charge in [0.05, 0.1) is 18.1 Å². The van der Waals surface area contributed by atoms with E-state index in [1.165, 1.54) is 11.6 Å². The zero-order valence-corrected chi connectivity index (χ0v) is 10.2. The summed E-state index contributed by atoms with van der Waals surface area (Å²) in [4.78, 5) is 2.26. The Balaban J connectivity index is 2.10. The van der Waals surface area contributed by atoms with Crippen LogP contribution in [0.15, 0.2) is 42.5 Å². The second-order valence-corrected chi connectivity index (χ2v) is 4.46. The van der Waals surface area contributed by atoms with Crippen molar-refractivity contribution < 1.29 is 0 Å². The van der Waals surface area contributed by atoms with Gasteiger partial charge in [-0.2, -0.15) is 10.5 Å². The average molecular weight is 237 g/mol. The Morgan fingerprint density at radius 2 is 2.06 bits per heavy atom. The summed E-state index contributed by atoms with van der Waals surface area (Å²) in [7, 11) is 0. The van der Waals surface area contributed by atoms with Crippen LogP contribution >= 0.6 is 0 Å². The van der Waals surface area contributed by atoms with E-state index in [9.17, 15) is 0 Å². The highest BCUT2D eigenvalue weighted by atomic mass is 15.2. The summed E-state index contributed by atoms with van der Waals surface area (Å²) in [5.74, 6) is -0.00156. The Morgan fingerprint density at radius 3 is 2.72 bits per heavy atom. The zero-order valence-electron chi connectivity index (χ0n) is 10.2. The molecule has 1 heterocycles. The molecular weight excluding hydrogens is 222 g/mol. The van der Waals surface area contributed by atoms with Crippen LogP contribution in [0.25, 0.3) is 0 Å². The normalized spacial score (nSPS) is 23.9. The fourth-order valence-electron chi connectivity index (χ4n) is 2.42. The Morgan fingerprint density at radius 1 is 1.28 bits per heavy atom. The molecule has 2 unspecified atom stereocenters. The summed E-state index contributed by atoms with van der Waals surface area (Å²) >= 11 is 0. The molecule has 1 aliphatic rings. The molecule has 1 aromatic rings. The van der Waals surface area contributed by atoms with Crippen molar-refractivity contribution in [1.82, 2.24) is 4.90 Å². The smallest absolute Gasteiger partial charge is 0.0909 e. The second-order valence-electron chi connectivity index (χ2n) is 4.46. The topological polar surface area (TPSA) is 50.8 Å². The number of allylic oxidation sites excluding steroid dienone is 1. The molecule has 0 N–H and O–H groups in total. The van der Waals surface area contributed by atoms with Gasteiger partial charge < -0.3 is 0 Å². The van der Waals surface area contributed by atoms with E-state index < -0.39 is 0 Å². The Kier molecular flexibility index (Phi) is 4.12. The molecule has 3 heteroatoms. The van der Waals surface area contributed by atoms with Gasteiger partial charge in [0.2, 0.25) is 0 Å². The van der Waals surface area contributed by atoms with E-state index in [-0.39, 0.29) is 12.0 Å². The number of nitrogens with zero attached hydrogens (tertiary/aromatic N) is 3. The largest absolute Gasteiger partial charge is 0.291 e. The quantitative estimate of drug-likeness (QED) is 0.759. The first-order valence-corrected chi connectivity index (χ1v) is 6.09. The van der Waals surface area contributed by atoms with Crippen molar-refractivity contribution in [1.29, 1.82) is 10.5 Å². The minimum atomic E-state index is -0.00156. The van der Waals surface area contributed by atoms with Crippen LogP contribution < -0.4 is 0 Å². The molecule has 0 saturated carbocycles. The van der Waals surface area contributed by atoms with Crippen molar-refractivity contribution in [2.24, 2.45) is 5.92 Å². The summed E-state index contributed by atoms with van der Waals surface area (Å²) in [6.45, 7) is 1.74. The molecule has 2 atom stereocenters. The van der Waals surface area contributed by atoms with Gasteiger partial charge in [-0.05, 0) is 12.0 Å². The third-order valence-electron chi connectivity index (χ3n) is 3.32. The molecule has 18 heavy (non-hydrogen) atoms. The summed E-state index contributed by atoms with van der Waals surface area (Å²) in [6, 6.07) is 14.6. The van der Waals surface area contributed by atoms with E-state index in [0.29, 0.717) is 0 Å². The molecule has 0 bridgehead atoms. The second kappa shape index (κ2) is 6.00. The van der Waals surface area contributed by atoms with E-state index >= 15 is 0 Å². The summed E-state index contributed by atoms with van der Waals surface area (Å²) in [5.41, 5.74) is 1.24. The molecule has 3 nitrogen and oxygen atoms in total. The lowest BCUT2D eigenvalue weighted by Crippen LogP contribution is -2.30. The molecule has 0 spiro atoms. The Labute approximate surface area is 108 Å². The molecule has 90 valence electrons. The van der Waals surface area contributed by atoms with Gasteiger partial charge in [0.25, 0.3) is 0 Å². The summed E-state index contributed by atoms with van der Waals surface area (Å²) in [6.07, 6.45) is 4.21. The molecule has 1 saturated heterocycles. The fourth-order valence-corrected chi connectivity index (χ4v) is 2.42. The van der Waals surface area contributed by atoms with Crippen molar-refractivity contribution in [2.75, 3.05) is 6.54 Å². The molecule has 0 amide bonds. The zero-order chi connectivity index (χ0) is 12.8. The van der Waals surface area contributed by atoms with Gasteiger partial charge in [0, 0.05) is 25.2 Å². The van der Waals surface area contributed by atoms with Gasteiger partial charge in [0.1, 0.15) is 0 Å². The first-order chi connectivity index (χ1) is 8.85. The fraction of sp³-hybridized carbons (Fsp3) is 0.333. The standard InChI is InChI=1S/C15H15N3/c16-9-4-7-15-14(11-17)8-10-18(15)12-13-5-2-1-3-6-13/h1-7,14-15H,8,10,12H2/b7-4+. The molecule has 2 rings (SSSR count). The first kappa shape index (κ1) is 12.4. The van der Waals surface area contributed by atoms with Crippen molar-refractivity contribution in [2.45, 2.75) is 19.0 Å². The van der Waals surface area contributed by atoms with Crippen molar-refractivity contribution in [3.63, 3.8) is 0 Å². The van der Waals surface area contributed by atoms with E-state index in [0.717, 1.165) is 19.5 Å². The number of rotatable bonds is 3. The van der Waals surface area contributed by atoms with Gasteiger partial charge in [0.15, 0.2) is 0 Å². The van der Waals surface area contributed by atoms with Gasteiger partial charge in [-0.3, -0.25) is 4.90 Å². The number of benzene rings is 1. The lowest BCUT2D eigenvalue weighted by atomic mass is 10.0. The van der Waals surface area contributed by atoms with E-state index in [1.54, 1.807) is 0 Å². The number of hydrogen-bond acceptors (Lipinski definition) is 3. The Bertz CT molecular complexity index is 493. The summed E-state index contributed by atoms with van der Waals surface area (Å²) < 4.78 is 0. The van der Waals surface area contributed by atoms with Crippen LogP contribution in [0.2, 0.25) is 0 Å². The maximum absolute atomic E-state index is 9.13. The highest BCUT2D eigenvalue weighted by Crippen LogP contribution is 2.26. The molecule has 0 aliphatic carbocycles. The number of hydrogen-bond donors (Lipinski definition) is 0. The predicted molar refractivity (Wildman–Crippen MR) is 69.1 cm³/mol. The summed E-state index contributed by atoms with van der Waals surface area (Å²) in [5, 5.41) is 17.7. The minimum Gasteiger partial charge on any atom is -0.291 e. The van der Waals surface area contributed by atoms with Crippen molar-refractivity contribution in [3.8, 4) is 12.1 Å². The maximum Gasteiger partial charge on any atom is 0.0909 e. The van der Waals surface area contributed by atoms with Gasteiger partial charge in [-0.15, -0.1) is 0 Å². The number of likely N-dealkylation sites (tertiary alicyclic amines) is 1. The molecule has 1 aliphatic heterocycles. The van der Waals surface area contributed by atoms with Crippen LogP contribution in [0.5, 0.6) is 0 Å². The van der Waals surface area contributed by atoms with E-state index in [4.69, 9.17) is 10.5 Å². The maximum atomic E-state index is 9.13. The lowest BCUT2D eigenvalue weighted by molar-refractivity contribution is 0.270. The highest BCUT2D eigenvalue weighted by molar-refractivity contribution is 5.18. The van der Waals surface area contributed by atoms with Crippen molar-refractivity contribution >= 4 is 0 Å². The minimum absolute atomic E-state index is 0.00156.